The summed E-state index contributed by atoms with van der Waals surface area (Å²) in [6.45, 7) is 2.40. The number of hydrogen-bond donors (Lipinski definition) is 0. The number of carbonyl (C=O) groups excluding carboxylic acids is 1. The van der Waals surface area contributed by atoms with Crippen LogP contribution in [0.25, 0.3) is 0 Å². The Labute approximate surface area is 135 Å². The molecule has 2 rings (SSSR count). The van der Waals surface area contributed by atoms with E-state index >= 15 is 0 Å². The maximum atomic E-state index is 12.3. The van der Waals surface area contributed by atoms with Crippen LogP contribution in [-0.2, 0) is 0 Å². The van der Waals surface area contributed by atoms with Crippen LogP contribution in [0.5, 0.6) is 17.2 Å². The molecule has 0 fully saturated rings. The molecule has 0 aliphatic carbocycles. The Kier molecular flexibility index (Phi) is 6.28. The number of alkyl halides is 1. The Bertz CT molecular complexity index is 611. The van der Waals surface area contributed by atoms with Gasteiger partial charge >= 0.3 is 0 Å². The topological polar surface area (TPSA) is 35.5 Å². The summed E-state index contributed by atoms with van der Waals surface area (Å²) < 4.78 is 11.3. The highest BCUT2D eigenvalue weighted by molar-refractivity contribution is 6.18. The van der Waals surface area contributed by atoms with Gasteiger partial charge in [-0.2, -0.15) is 0 Å². The number of hydrogen-bond acceptors (Lipinski definition) is 3. The Morgan fingerprint density at radius 3 is 2.55 bits per heavy atom. The van der Waals surface area contributed by atoms with Crippen molar-refractivity contribution in [2.75, 3.05) is 12.5 Å². The van der Waals surface area contributed by atoms with Gasteiger partial charge in [-0.05, 0) is 43.7 Å². The van der Waals surface area contributed by atoms with E-state index in [4.69, 9.17) is 21.1 Å². The first-order chi connectivity index (χ1) is 10.7. The molecule has 0 aliphatic rings. The second-order valence-electron chi connectivity index (χ2n) is 4.72. The molecule has 2 aromatic rings. The van der Waals surface area contributed by atoms with Gasteiger partial charge in [-0.25, -0.2) is 0 Å². The molecule has 0 amide bonds. The highest BCUT2D eigenvalue weighted by Gasteiger charge is 2.14. The van der Waals surface area contributed by atoms with Gasteiger partial charge in [0.2, 0.25) is 0 Å². The van der Waals surface area contributed by atoms with Crippen molar-refractivity contribution in [3.8, 4) is 17.2 Å². The molecule has 2 aromatic carbocycles. The number of para-hydroxylation sites is 1. The van der Waals surface area contributed by atoms with E-state index in [0.29, 0.717) is 42.4 Å². The van der Waals surface area contributed by atoms with Crippen LogP contribution in [0.4, 0.5) is 0 Å². The zero-order valence-corrected chi connectivity index (χ0v) is 13.3. The number of ketones is 1. The van der Waals surface area contributed by atoms with Gasteiger partial charge in [-0.1, -0.05) is 18.2 Å². The van der Waals surface area contributed by atoms with E-state index in [1.807, 2.05) is 37.3 Å². The zero-order chi connectivity index (χ0) is 15.8. The minimum Gasteiger partial charge on any atom is -0.493 e. The van der Waals surface area contributed by atoms with Gasteiger partial charge in [0.15, 0.2) is 5.78 Å². The lowest BCUT2D eigenvalue weighted by Crippen LogP contribution is -2.04. The Morgan fingerprint density at radius 1 is 1.09 bits per heavy atom. The summed E-state index contributed by atoms with van der Waals surface area (Å²) in [5.41, 5.74) is 0.542. The van der Waals surface area contributed by atoms with E-state index in [9.17, 15) is 4.79 Å². The van der Waals surface area contributed by atoms with Crippen LogP contribution in [0.3, 0.4) is 0 Å². The molecule has 0 heterocycles. The standard InChI is InChI=1S/C18H19ClO3/c1-2-21-18-11-10-15(22-14-7-4-3-5-8-14)13-16(18)17(20)9-6-12-19/h3-5,7-8,10-11,13H,2,6,9,12H2,1H3. The largest absolute Gasteiger partial charge is 0.493 e. The van der Waals surface area contributed by atoms with Gasteiger partial charge in [-0.15, -0.1) is 11.6 Å². The average Bonchev–Trinajstić information content (AvgIpc) is 2.55. The van der Waals surface area contributed by atoms with Crippen LogP contribution in [0, 0.1) is 0 Å². The summed E-state index contributed by atoms with van der Waals surface area (Å²) in [5.74, 6) is 2.41. The number of Topliss-reactive ketones (excluding diaryl/α,β-unsaturated/α-hetero) is 1. The highest BCUT2D eigenvalue weighted by atomic mass is 35.5. The van der Waals surface area contributed by atoms with Gasteiger partial charge in [0, 0.05) is 12.3 Å². The summed E-state index contributed by atoms with van der Waals surface area (Å²) in [7, 11) is 0. The van der Waals surface area contributed by atoms with Crippen molar-refractivity contribution in [2.45, 2.75) is 19.8 Å². The smallest absolute Gasteiger partial charge is 0.166 e. The summed E-state index contributed by atoms with van der Waals surface area (Å²) in [5, 5.41) is 0. The van der Waals surface area contributed by atoms with Crippen LogP contribution in [-0.4, -0.2) is 18.3 Å². The molecule has 4 heteroatoms. The molecular formula is C18H19ClO3. The van der Waals surface area contributed by atoms with Crippen molar-refractivity contribution in [3.05, 3.63) is 54.1 Å². The van der Waals surface area contributed by atoms with Crippen molar-refractivity contribution in [2.24, 2.45) is 0 Å². The Morgan fingerprint density at radius 2 is 1.86 bits per heavy atom. The average molecular weight is 319 g/mol. The van der Waals surface area contributed by atoms with Gasteiger partial charge in [0.05, 0.1) is 12.2 Å². The maximum Gasteiger partial charge on any atom is 0.166 e. The Hall–Kier alpha value is -2.00. The van der Waals surface area contributed by atoms with Crippen molar-refractivity contribution in [1.82, 2.24) is 0 Å². The molecule has 0 N–H and O–H groups in total. The second kappa shape index (κ2) is 8.44. The molecule has 0 spiro atoms. The first-order valence-electron chi connectivity index (χ1n) is 7.33. The molecule has 0 saturated heterocycles. The second-order valence-corrected chi connectivity index (χ2v) is 5.10. The molecule has 0 radical (unpaired) electrons. The highest BCUT2D eigenvalue weighted by Crippen LogP contribution is 2.29. The molecule has 116 valence electrons. The first-order valence-corrected chi connectivity index (χ1v) is 7.87. The SMILES string of the molecule is CCOc1ccc(Oc2ccccc2)cc1C(=O)CCCCl. The molecule has 3 nitrogen and oxygen atoms in total. The maximum absolute atomic E-state index is 12.3. The lowest BCUT2D eigenvalue weighted by molar-refractivity contribution is 0.0978. The quantitative estimate of drug-likeness (QED) is 0.503. The lowest BCUT2D eigenvalue weighted by Gasteiger charge is -2.12. The number of carbonyl (C=O) groups is 1. The van der Waals surface area contributed by atoms with E-state index < -0.39 is 0 Å². The van der Waals surface area contributed by atoms with Crippen molar-refractivity contribution in [3.63, 3.8) is 0 Å². The summed E-state index contributed by atoms with van der Waals surface area (Å²) in [6, 6.07) is 14.8. The van der Waals surface area contributed by atoms with E-state index in [1.165, 1.54) is 0 Å². The summed E-state index contributed by atoms with van der Waals surface area (Å²) >= 11 is 5.66. The summed E-state index contributed by atoms with van der Waals surface area (Å²) in [6.07, 6.45) is 1.05. The van der Waals surface area contributed by atoms with Gasteiger partial charge in [-0.3, -0.25) is 4.79 Å². The third-order valence-corrected chi connectivity index (χ3v) is 3.33. The predicted octanol–water partition coefficient (Wildman–Crippen LogP) is 5.08. The monoisotopic (exact) mass is 318 g/mol. The predicted molar refractivity (Wildman–Crippen MR) is 88.4 cm³/mol. The fourth-order valence-electron chi connectivity index (χ4n) is 2.06. The minimum absolute atomic E-state index is 0.0163. The number of halogens is 1. The van der Waals surface area contributed by atoms with Crippen LogP contribution in [0.15, 0.2) is 48.5 Å². The molecule has 0 saturated carbocycles. The van der Waals surface area contributed by atoms with Crippen LogP contribution in [0.1, 0.15) is 30.1 Å². The number of benzene rings is 2. The van der Waals surface area contributed by atoms with E-state index in [-0.39, 0.29) is 5.78 Å². The van der Waals surface area contributed by atoms with Gasteiger partial charge < -0.3 is 9.47 Å². The molecule has 0 aromatic heterocycles. The normalized spacial score (nSPS) is 10.3. The molecule has 0 atom stereocenters. The molecule has 22 heavy (non-hydrogen) atoms. The van der Waals surface area contributed by atoms with Crippen molar-refractivity contribution >= 4 is 17.4 Å². The first kappa shape index (κ1) is 16.4. The fourth-order valence-corrected chi connectivity index (χ4v) is 2.19. The molecule has 0 bridgehead atoms. The zero-order valence-electron chi connectivity index (χ0n) is 12.5. The molecule has 0 aliphatic heterocycles. The van der Waals surface area contributed by atoms with Crippen LogP contribution < -0.4 is 9.47 Å². The van der Waals surface area contributed by atoms with Crippen molar-refractivity contribution in [1.29, 1.82) is 0 Å². The minimum atomic E-state index is 0.0163. The molecule has 0 unspecified atom stereocenters. The van der Waals surface area contributed by atoms with Crippen LogP contribution >= 0.6 is 11.6 Å². The lowest BCUT2D eigenvalue weighted by atomic mass is 10.1. The van der Waals surface area contributed by atoms with E-state index in [0.717, 1.165) is 5.75 Å². The summed E-state index contributed by atoms with van der Waals surface area (Å²) in [4.78, 5) is 12.3. The fraction of sp³-hybridized carbons (Fsp3) is 0.278. The number of rotatable bonds is 8. The van der Waals surface area contributed by atoms with E-state index in [1.54, 1.807) is 18.2 Å². The van der Waals surface area contributed by atoms with Gasteiger partial charge in [0.1, 0.15) is 17.2 Å². The molecular weight excluding hydrogens is 300 g/mol. The third kappa shape index (κ3) is 4.50. The number of ether oxygens (including phenoxy) is 2. The Balaban J connectivity index is 2.24. The third-order valence-electron chi connectivity index (χ3n) is 3.07. The van der Waals surface area contributed by atoms with Crippen molar-refractivity contribution < 1.29 is 14.3 Å². The van der Waals surface area contributed by atoms with E-state index in [2.05, 4.69) is 0 Å². The van der Waals surface area contributed by atoms with Gasteiger partial charge in [0.25, 0.3) is 0 Å². The van der Waals surface area contributed by atoms with Crippen LogP contribution in [0.2, 0.25) is 0 Å².